The minimum absolute atomic E-state index is 0.0797. The number of hydrogen-bond acceptors (Lipinski definition) is 3. The minimum atomic E-state index is -8.69. The lowest BCUT2D eigenvalue weighted by Gasteiger charge is -2.42. The van der Waals surface area contributed by atoms with E-state index < -0.39 is 53.2 Å². The van der Waals surface area contributed by atoms with Gasteiger partial charge in [-0.15, -0.1) is 0 Å². The van der Waals surface area contributed by atoms with E-state index in [1.807, 2.05) is 0 Å². The number of anilines is 5. The third-order valence-corrected chi connectivity index (χ3v) is 6.51. The second-order valence-electron chi connectivity index (χ2n) is 9.58. The van der Waals surface area contributed by atoms with Crippen molar-refractivity contribution in [1.82, 2.24) is 0 Å². The number of halogens is 17. The van der Waals surface area contributed by atoms with Crippen molar-refractivity contribution >= 4 is 28.4 Å². The molecule has 3 nitrogen and oxygen atoms in total. The molecule has 0 spiro atoms. The Bertz CT molecular complexity index is 1470. The average Bonchev–Trinajstić information content (AvgIpc) is 2.94. The third-order valence-electron chi connectivity index (χ3n) is 6.51. The molecular weight excluding hydrogens is 677 g/mol. The van der Waals surface area contributed by atoms with Crippen LogP contribution in [0.3, 0.4) is 0 Å². The normalized spacial score (nSPS) is 14.4. The largest absolute Gasteiger partial charge is 0.460 e. The summed E-state index contributed by atoms with van der Waals surface area (Å²) in [4.78, 5) is 1.21. The Morgan fingerprint density at radius 2 is 0.609 bits per heavy atom. The number of alkyl halides is 17. The molecule has 0 saturated heterocycles. The van der Waals surface area contributed by atoms with Crippen LogP contribution in [0.15, 0.2) is 72.8 Å². The maximum Gasteiger partial charge on any atom is 0.460 e. The van der Waals surface area contributed by atoms with Crippen molar-refractivity contribution in [2.24, 2.45) is 0 Å². The summed E-state index contributed by atoms with van der Waals surface area (Å²) in [6.07, 6.45) is -7.81. The van der Waals surface area contributed by atoms with Gasteiger partial charge in [0.25, 0.3) is 0 Å². The number of rotatable bonds is 10. The number of benzene rings is 3. The zero-order valence-corrected chi connectivity index (χ0v) is 22.0. The quantitative estimate of drug-likeness (QED) is 0.164. The summed E-state index contributed by atoms with van der Waals surface area (Å²) < 4.78 is 232. The van der Waals surface area contributed by atoms with Crippen LogP contribution < -0.4 is 16.4 Å². The Balaban J connectivity index is 2.09. The van der Waals surface area contributed by atoms with Crippen LogP contribution in [0.1, 0.15) is 5.56 Å². The second kappa shape index (κ2) is 11.0. The van der Waals surface area contributed by atoms with Crippen molar-refractivity contribution in [3.8, 4) is 0 Å². The fourth-order valence-corrected chi connectivity index (χ4v) is 3.86. The van der Waals surface area contributed by atoms with Gasteiger partial charge in [0.2, 0.25) is 0 Å². The first-order valence-electron chi connectivity index (χ1n) is 11.9. The molecule has 0 bridgehead atoms. The van der Waals surface area contributed by atoms with Gasteiger partial charge >= 0.3 is 47.6 Å². The smallest absolute Gasteiger partial charge is 0.399 e. The van der Waals surface area contributed by atoms with Crippen molar-refractivity contribution in [3.05, 3.63) is 78.4 Å². The van der Waals surface area contributed by atoms with Gasteiger partial charge in [-0.3, -0.25) is 0 Å². The number of hydrogen-bond donors (Lipinski definition) is 2. The Kier molecular flexibility index (Phi) is 8.69. The molecular formula is C26H16F17N3. The zero-order chi connectivity index (χ0) is 35.5. The summed E-state index contributed by atoms with van der Waals surface area (Å²) in [6.45, 7) is 0. The minimum Gasteiger partial charge on any atom is -0.399 e. The van der Waals surface area contributed by atoms with Gasteiger partial charge in [-0.25, -0.2) is 0 Å². The van der Waals surface area contributed by atoms with Gasteiger partial charge in [-0.05, 0) is 60.7 Å². The van der Waals surface area contributed by atoms with Crippen LogP contribution in [0, 0.1) is 0 Å². The average molecular weight is 693 g/mol. The molecule has 20 heteroatoms. The van der Waals surface area contributed by atoms with E-state index in [1.54, 1.807) is 0 Å². The van der Waals surface area contributed by atoms with Crippen molar-refractivity contribution < 1.29 is 74.6 Å². The van der Waals surface area contributed by atoms with Gasteiger partial charge in [-0.2, -0.15) is 74.6 Å². The molecule has 0 fully saturated rings. The van der Waals surface area contributed by atoms with Gasteiger partial charge in [-0.1, -0.05) is 12.1 Å². The molecule has 0 radical (unpaired) electrons. The third kappa shape index (κ3) is 5.27. The molecule has 0 heterocycles. The first kappa shape index (κ1) is 36.3. The molecule has 0 aliphatic heterocycles. The van der Waals surface area contributed by atoms with E-state index in [1.165, 1.54) is 53.4 Å². The van der Waals surface area contributed by atoms with Crippen LogP contribution in [0.5, 0.6) is 0 Å². The van der Waals surface area contributed by atoms with Gasteiger partial charge in [0.05, 0.1) is 0 Å². The van der Waals surface area contributed by atoms with Crippen LogP contribution in [-0.4, -0.2) is 41.7 Å². The highest BCUT2D eigenvalue weighted by Gasteiger charge is 2.95. The van der Waals surface area contributed by atoms with E-state index in [9.17, 15) is 74.6 Å². The molecule has 0 saturated carbocycles. The van der Waals surface area contributed by atoms with Gasteiger partial charge in [0.1, 0.15) is 0 Å². The summed E-state index contributed by atoms with van der Waals surface area (Å²) in [5.41, 5.74) is 9.55. The Morgan fingerprint density at radius 1 is 0.348 bits per heavy atom. The maximum atomic E-state index is 14.8. The van der Waals surface area contributed by atoms with E-state index in [0.29, 0.717) is 12.1 Å². The highest BCUT2D eigenvalue weighted by atomic mass is 19.4. The predicted octanol–water partition coefficient (Wildman–Crippen LogP) is 9.79. The highest BCUT2D eigenvalue weighted by molar-refractivity contribution is 5.77. The van der Waals surface area contributed by atoms with E-state index in [0.717, 1.165) is 0 Å². The van der Waals surface area contributed by atoms with Gasteiger partial charge in [0, 0.05) is 34.0 Å². The molecule has 4 N–H and O–H groups in total. The van der Waals surface area contributed by atoms with Crippen molar-refractivity contribution in [1.29, 1.82) is 0 Å². The van der Waals surface area contributed by atoms with Crippen molar-refractivity contribution in [3.63, 3.8) is 0 Å². The second-order valence-corrected chi connectivity index (χ2v) is 9.58. The first-order chi connectivity index (χ1) is 20.6. The monoisotopic (exact) mass is 693 g/mol. The number of nitrogens with two attached hydrogens (primary N) is 2. The van der Waals surface area contributed by atoms with Gasteiger partial charge < -0.3 is 16.4 Å². The lowest BCUT2D eigenvalue weighted by molar-refractivity contribution is -0.462. The van der Waals surface area contributed by atoms with Crippen LogP contribution in [-0.2, 0) is 5.92 Å². The number of nitrogen functional groups attached to an aromatic ring is 2. The molecule has 3 rings (SSSR count). The molecule has 0 aromatic heterocycles. The lowest BCUT2D eigenvalue weighted by Crippen LogP contribution is -2.74. The molecule has 3 aromatic rings. The summed E-state index contributed by atoms with van der Waals surface area (Å²) in [6, 6.07) is 11.8. The Labute approximate surface area is 246 Å². The Hall–Kier alpha value is -4.13. The predicted molar refractivity (Wildman–Crippen MR) is 130 cm³/mol. The molecule has 46 heavy (non-hydrogen) atoms. The molecule has 0 aliphatic rings. The SMILES string of the molecule is Nc1ccc(N(c2ccc(N)cc2)c2ccc(C(F)(F)C(F)(F)C(F)(F)C(F)(F)C(F)(F)C(F)(F)C(F)(F)C(F)(F)F)cc2)cc1. The van der Waals surface area contributed by atoms with Crippen molar-refractivity contribution in [2.45, 2.75) is 47.6 Å². The van der Waals surface area contributed by atoms with Crippen molar-refractivity contribution in [2.75, 3.05) is 16.4 Å². The van der Waals surface area contributed by atoms with Crippen LogP contribution in [0.4, 0.5) is 103 Å². The summed E-state index contributed by atoms with van der Waals surface area (Å²) >= 11 is 0. The molecule has 0 amide bonds. The number of nitrogens with zero attached hydrogens (tertiary/aromatic N) is 1. The Morgan fingerprint density at radius 3 is 0.913 bits per heavy atom. The summed E-state index contributed by atoms with van der Waals surface area (Å²) in [5, 5.41) is 0. The van der Waals surface area contributed by atoms with Crippen LogP contribution in [0.2, 0.25) is 0 Å². The summed E-state index contributed by atoms with van der Waals surface area (Å²) in [7, 11) is 0. The van der Waals surface area contributed by atoms with Gasteiger partial charge in [0.15, 0.2) is 0 Å². The van der Waals surface area contributed by atoms with E-state index >= 15 is 0 Å². The topological polar surface area (TPSA) is 55.3 Å². The lowest BCUT2D eigenvalue weighted by atomic mass is 9.87. The van der Waals surface area contributed by atoms with E-state index in [4.69, 9.17) is 11.5 Å². The fourth-order valence-electron chi connectivity index (χ4n) is 3.86. The maximum absolute atomic E-state index is 14.8. The van der Waals surface area contributed by atoms with E-state index in [-0.39, 0.29) is 40.6 Å². The highest BCUT2D eigenvalue weighted by Crippen LogP contribution is 2.65. The van der Waals surface area contributed by atoms with Crippen LogP contribution >= 0.6 is 0 Å². The van der Waals surface area contributed by atoms with E-state index in [2.05, 4.69) is 0 Å². The molecule has 0 aliphatic carbocycles. The molecule has 0 unspecified atom stereocenters. The summed E-state index contributed by atoms with van der Waals surface area (Å²) in [5.74, 6) is -57.0. The molecule has 3 aromatic carbocycles. The first-order valence-corrected chi connectivity index (χ1v) is 11.9. The molecule has 0 atom stereocenters. The molecule has 254 valence electrons. The fraction of sp³-hybridized carbons (Fsp3) is 0.308. The standard InChI is InChI=1S/C26H16F17N3/c27-19(28,20(29,30)21(31,32)22(33,34)23(35,36)24(37,38)25(39,40)26(41,42)43)13-1-7-16(8-2-13)46(17-9-3-14(44)4-10-17)18-11-5-15(45)6-12-18/h1-12H,44-45H2. The zero-order valence-electron chi connectivity index (χ0n) is 22.0. The van der Waals surface area contributed by atoms with Crippen LogP contribution in [0.25, 0.3) is 0 Å².